The molecule has 1 amide bonds. The zero-order valence-corrected chi connectivity index (χ0v) is 15.7. The molecule has 1 aliphatic rings. The minimum Gasteiger partial charge on any atom is -0.441 e. The number of halogens is 2. The normalized spacial score (nSPS) is 20.7. The van der Waals surface area contributed by atoms with Crippen LogP contribution in [0, 0.1) is 0 Å². The number of hydrogen-bond acceptors (Lipinski definition) is 4. The molecule has 0 bridgehead atoms. The molecule has 2 unspecified atom stereocenters. The van der Waals surface area contributed by atoms with E-state index in [0.717, 1.165) is 5.56 Å². The van der Waals surface area contributed by atoms with Crippen molar-refractivity contribution >= 4 is 29.1 Å². The summed E-state index contributed by atoms with van der Waals surface area (Å²) in [6, 6.07) is 5.19. The van der Waals surface area contributed by atoms with Crippen LogP contribution in [-0.4, -0.2) is 41.1 Å². The first kappa shape index (κ1) is 18.2. The third kappa shape index (κ3) is 4.54. The van der Waals surface area contributed by atoms with Gasteiger partial charge in [-0.05, 0) is 32.0 Å². The van der Waals surface area contributed by atoms with Gasteiger partial charge in [-0.2, -0.15) is 0 Å². The largest absolute Gasteiger partial charge is 0.441 e. The van der Waals surface area contributed by atoms with Crippen LogP contribution in [0.3, 0.4) is 0 Å². The van der Waals surface area contributed by atoms with Crippen molar-refractivity contribution in [2.75, 3.05) is 13.1 Å². The van der Waals surface area contributed by atoms with Gasteiger partial charge in [0.1, 0.15) is 0 Å². The van der Waals surface area contributed by atoms with Crippen LogP contribution in [0.25, 0.3) is 11.3 Å². The van der Waals surface area contributed by atoms with Gasteiger partial charge in [0.2, 0.25) is 5.91 Å². The van der Waals surface area contributed by atoms with Gasteiger partial charge in [0, 0.05) is 36.5 Å². The van der Waals surface area contributed by atoms with E-state index in [1.807, 2.05) is 18.7 Å². The molecule has 0 saturated carbocycles. The Morgan fingerprint density at radius 1 is 1.28 bits per heavy atom. The Kier molecular flexibility index (Phi) is 5.67. The molecule has 1 aromatic heterocycles. The van der Waals surface area contributed by atoms with Crippen molar-refractivity contribution in [3.05, 3.63) is 40.3 Å². The average molecular weight is 383 g/mol. The predicted octanol–water partition coefficient (Wildman–Crippen LogP) is 4.22. The molecule has 5 nitrogen and oxygen atoms in total. The minimum atomic E-state index is 0.0630. The molecule has 0 aliphatic carbocycles. The standard InChI is InChI=1S/C18H20Cl2N2O3/c1-11-9-22(10-12(2)24-11)18(23)6-5-17-21-8-16(25-17)14-4-3-13(19)7-15(14)20/h3-4,7-8,11-12H,5-6,9-10H2,1-2H3. The van der Waals surface area contributed by atoms with Crippen molar-refractivity contribution in [2.24, 2.45) is 0 Å². The highest BCUT2D eigenvalue weighted by molar-refractivity contribution is 6.36. The molecule has 1 aliphatic heterocycles. The van der Waals surface area contributed by atoms with Crippen LogP contribution < -0.4 is 0 Å². The van der Waals surface area contributed by atoms with Gasteiger partial charge in [-0.3, -0.25) is 4.79 Å². The van der Waals surface area contributed by atoms with E-state index in [2.05, 4.69) is 4.98 Å². The summed E-state index contributed by atoms with van der Waals surface area (Å²) in [6.45, 7) is 5.21. The first-order valence-electron chi connectivity index (χ1n) is 8.25. The van der Waals surface area contributed by atoms with Crippen LogP contribution in [-0.2, 0) is 16.0 Å². The fourth-order valence-corrected chi connectivity index (χ4v) is 3.49. The van der Waals surface area contributed by atoms with E-state index in [9.17, 15) is 4.79 Å². The van der Waals surface area contributed by atoms with E-state index in [-0.39, 0.29) is 18.1 Å². The Balaban J connectivity index is 1.61. The van der Waals surface area contributed by atoms with E-state index >= 15 is 0 Å². The Morgan fingerprint density at radius 2 is 2.00 bits per heavy atom. The van der Waals surface area contributed by atoms with E-state index in [0.29, 0.717) is 47.6 Å². The molecule has 3 rings (SSSR count). The number of ether oxygens (including phenoxy) is 1. The van der Waals surface area contributed by atoms with Crippen molar-refractivity contribution in [3.63, 3.8) is 0 Å². The summed E-state index contributed by atoms with van der Waals surface area (Å²) < 4.78 is 11.4. The molecule has 1 aromatic carbocycles. The highest BCUT2D eigenvalue weighted by Crippen LogP contribution is 2.30. The summed E-state index contributed by atoms with van der Waals surface area (Å²) in [5.74, 6) is 1.17. The Morgan fingerprint density at radius 3 is 2.68 bits per heavy atom. The van der Waals surface area contributed by atoms with Gasteiger partial charge < -0.3 is 14.1 Å². The topological polar surface area (TPSA) is 55.6 Å². The van der Waals surface area contributed by atoms with Gasteiger partial charge in [-0.15, -0.1) is 0 Å². The third-order valence-corrected chi connectivity index (χ3v) is 4.62. The molecule has 1 saturated heterocycles. The van der Waals surface area contributed by atoms with Gasteiger partial charge in [-0.1, -0.05) is 23.2 Å². The number of aromatic nitrogens is 1. The lowest BCUT2D eigenvalue weighted by atomic mass is 10.2. The quantitative estimate of drug-likeness (QED) is 0.794. The molecule has 25 heavy (non-hydrogen) atoms. The smallest absolute Gasteiger partial charge is 0.223 e. The van der Waals surface area contributed by atoms with Crippen molar-refractivity contribution in [1.82, 2.24) is 9.88 Å². The fraction of sp³-hybridized carbons (Fsp3) is 0.444. The molecule has 2 heterocycles. The maximum absolute atomic E-state index is 12.4. The number of aryl methyl sites for hydroxylation is 1. The van der Waals surface area contributed by atoms with Crippen LogP contribution >= 0.6 is 23.2 Å². The monoisotopic (exact) mass is 382 g/mol. The van der Waals surface area contributed by atoms with Crippen LogP contribution in [0.1, 0.15) is 26.2 Å². The Bertz CT molecular complexity index is 753. The first-order chi connectivity index (χ1) is 11.9. The number of rotatable bonds is 4. The number of carbonyl (C=O) groups excluding carboxylic acids is 1. The maximum Gasteiger partial charge on any atom is 0.223 e. The van der Waals surface area contributed by atoms with E-state index < -0.39 is 0 Å². The predicted molar refractivity (Wildman–Crippen MR) is 96.9 cm³/mol. The molecule has 1 fully saturated rings. The van der Waals surface area contributed by atoms with Gasteiger partial charge in [0.25, 0.3) is 0 Å². The fourth-order valence-electron chi connectivity index (χ4n) is 2.99. The molecule has 2 aromatic rings. The maximum atomic E-state index is 12.4. The van der Waals surface area contributed by atoms with Crippen LogP contribution in [0.4, 0.5) is 0 Å². The first-order valence-corrected chi connectivity index (χ1v) is 9.01. The molecular formula is C18H20Cl2N2O3. The molecule has 2 atom stereocenters. The van der Waals surface area contributed by atoms with E-state index in [1.165, 1.54) is 0 Å². The second-order valence-corrected chi connectivity index (χ2v) is 7.14. The van der Waals surface area contributed by atoms with Crippen LogP contribution in [0.5, 0.6) is 0 Å². The number of oxazole rings is 1. The lowest BCUT2D eigenvalue weighted by Gasteiger charge is -2.35. The lowest BCUT2D eigenvalue weighted by molar-refractivity contribution is -0.143. The zero-order valence-electron chi connectivity index (χ0n) is 14.2. The summed E-state index contributed by atoms with van der Waals surface area (Å²) >= 11 is 12.1. The molecule has 0 radical (unpaired) electrons. The Labute approximate surface area is 156 Å². The SMILES string of the molecule is CC1CN(C(=O)CCc2ncc(-c3ccc(Cl)cc3Cl)o2)CC(C)O1. The number of benzene rings is 1. The second kappa shape index (κ2) is 7.77. The van der Waals surface area contributed by atoms with E-state index in [1.54, 1.807) is 24.4 Å². The Hall–Kier alpha value is -1.56. The molecule has 7 heteroatoms. The molecule has 0 spiro atoms. The average Bonchev–Trinajstić information content (AvgIpc) is 3.00. The summed E-state index contributed by atoms with van der Waals surface area (Å²) in [4.78, 5) is 18.5. The minimum absolute atomic E-state index is 0.0630. The number of hydrogen-bond donors (Lipinski definition) is 0. The van der Waals surface area contributed by atoms with E-state index in [4.69, 9.17) is 32.4 Å². The number of nitrogens with zero attached hydrogens (tertiary/aromatic N) is 2. The third-order valence-electron chi connectivity index (χ3n) is 4.08. The zero-order chi connectivity index (χ0) is 18.0. The lowest BCUT2D eigenvalue weighted by Crippen LogP contribution is -2.48. The summed E-state index contributed by atoms with van der Waals surface area (Å²) in [6.07, 6.45) is 2.55. The number of morpholine rings is 1. The summed E-state index contributed by atoms with van der Waals surface area (Å²) in [7, 11) is 0. The van der Waals surface area contributed by atoms with Gasteiger partial charge in [-0.25, -0.2) is 4.98 Å². The van der Waals surface area contributed by atoms with Crippen LogP contribution in [0.2, 0.25) is 10.0 Å². The second-order valence-electron chi connectivity index (χ2n) is 6.30. The highest BCUT2D eigenvalue weighted by Gasteiger charge is 2.25. The van der Waals surface area contributed by atoms with Crippen molar-refractivity contribution in [1.29, 1.82) is 0 Å². The summed E-state index contributed by atoms with van der Waals surface area (Å²) in [5.41, 5.74) is 0.729. The van der Waals surface area contributed by atoms with Crippen molar-refractivity contribution in [2.45, 2.75) is 38.9 Å². The molecule has 134 valence electrons. The van der Waals surface area contributed by atoms with Gasteiger partial charge >= 0.3 is 0 Å². The molecular weight excluding hydrogens is 363 g/mol. The molecule has 0 N–H and O–H groups in total. The number of amides is 1. The number of carbonyl (C=O) groups is 1. The van der Waals surface area contributed by atoms with Gasteiger partial charge in [0.05, 0.1) is 23.4 Å². The van der Waals surface area contributed by atoms with Gasteiger partial charge in [0.15, 0.2) is 11.7 Å². The van der Waals surface area contributed by atoms with Crippen LogP contribution in [0.15, 0.2) is 28.8 Å². The highest BCUT2D eigenvalue weighted by atomic mass is 35.5. The van der Waals surface area contributed by atoms with Crippen molar-refractivity contribution < 1.29 is 13.9 Å². The summed E-state index contributed by atoms with van der Waals surface area (Å²) in [5, 5.41) is 1.07. The van der Waals surface area contributed by atoms with Crippen molar-refractivity contribution in [3.8, 4) is 11.3 Å².